The van der Waals surface area contributed by atoms with Crippen molar-refractivity contribution in [3.05, 3.63) is 24.0 Å². The summed E-state index contributed by atoms with van der Waals surface area (Å²) in [6.45, 7) is 3.90. The number of aryl methyl sites for hydroxylation is 2. The molecule has 2 aromatic heterocycles. The van der Waals surface area contributed by atoms with E-state index in [1.807, 2.05) is 13.8 Å². The van der Waals surface area contributed by atoms with Crippen LogP contribution in [-0.2, 0) is 0 Å². The Balaban J connectivity index is 2.96. The van der Waals surface area contributed by atoms with Crippen LogP contribution in [-0.4, -0.2) is 19.6 Å². The van der Waals surface area contributed by atoms with Crippen molar-refractivity contribution in [1.82, 2.24) is 19.6 Å². The molecule has 2 heterocycles. The molecule has 2 aromatic rings. The van der Waals surface area contributed by atoms with Gasteiger partial charge >= 0.3 is 0 Å². The van der Waals surface area contributed by atoms with Crippen LogP contribution in [0.2, 0.25) is 0 Å². The second kappa shape index (κ2) is 2.02. The topological polar surface area (TPSA) is 43.1 Å². The Labute approximate surface area is 63.9 Å². The Morgan fingerprint density at radius 2 is 1.91 bits per heavy atom. The van der Waals surface area contributed by atoms with Crippen LogP contribution >= 0.6 is 0 Å². The molecule has 0 unspecified atom stereocenters. The van der Waals surface area contributed by atoms with E-state index in [2.05, 4.69) is 15.1 Å². The molecular formula is C7H8N4. The summed E-state index contributed by atoms with van der Waals surface area (Å²) in [5, 5.41) is 4.01. The van der Waals surface area contributed by atoms with Crippen molar-refractivity contribution in [3.63, 3.8) is 0 Å². The molecule has 4 heteroatoms. The van der Waals surface area contributed by atoms with Crippen LogP contribution in [0.1, 0.15) is 11.4 Å². The second-order valence-corrected chi connectivity index (χ2v) is 2.47. The molecule has 0 bridgehead atoms. The highest BCUT2D eigenvalue weighted by molar-refractivity contribution is 5.53. The van der Waals surface area contributed by atoms with Crippen molar-refractivity contribution >= 4 is 5.52 Å². The monoisotopic (exact) mass is 148 g/mol. The molecule has 0 saturated carbocycles. The standard InChI is InChI=1S/C7H8N4/c1-5-7-6(2)9-4-11(7)10-3-8-5/h3-4H,1-2H3. The average molecular weight is 148 g/mol. The third kappa shape index (κ3) is 0.790. The van der Waals surface area contributed by atoms with Gasteiger partial charge in [-0.3, -0.25) is 0 Å². The lowest BCUT2D eigenvalue weighted by atomic mass is 10.3. The number of fused-ring (bicyclic) bond motifs is 1. The van der Waals surface area contributed by atoms with Gasteiger partial charge in [-0.1, -0.05) is 0 Å². The van der Waals surface area contributed by atoms with Crippen molar-refractivity contribution in [2.75, 3.05) is 0 Å². The van der Waals surface area contributed by atoms with Gasteiger partial charge in [0.25, 0.3) is 0 Å². The second-order valence-electron chi connectivity index (χ2n) is 2.47. The molecule has 0 N–H and O–H groups in total. The van der Waals surface area contributed by atoms with E-state index >= 15 is 0 Å². The van der Waals surface area contributed by atoms with Crippen molar-refractivity contribution in [3.8, 4) is 0 Å². The molecule has 0 aliphatic rings. The first-order valence-corrected chi connectivity index (χ1v) is 3.40. The summed E-state index contributed by atoms with van der Waals surface area (Å²) in [7, 11) is 0. The molecule has 0 spiro atoms. The van der Waals surface area contributed by atoms with Gasteiger partial charge in [0.05, 0.1) is 11.4 Å². The number of rotatable bonds is 0. The quantitative estimate of drug-likeness (QED) is 0.553. The maximum Gasteiger partial charge on any atom is 0.136 e. The predicted octanol–water partition coefficient (Wildman–Crippen LogP) is 0.741. The zero-order valence-corrected chi connectivity index (χ0v) is 6.44. The molecule has 11 heavy (non-hydrogen) atoms. The molecular weight excluding hydrogens is 140 g/mol. The van der Waals surface area contributed by atoms with E-state index in [0.29, 0.717) is 0 Å². The summed E-state index contributed by atoms with van der Waals surface area (Å²) in [5.41, 5.74) is 2.95. The van der Waals surface area contributed by atoms with Crippen LogP contribution in [0.5, 0.6) is 0 Å². The van der Waals surface area contributed by atoms with Crippen LogP contribution in [0.3, 0.4) is 0 Å². The van der Waals surface area contributed by atoms with E-state index in [0.717, 1.165) is 16.9 Å². The maximum absolute atomic E-state index is 4.12. The summed E-state index contributed by atoms with van der Waals surface area (Å²) in [6.07, 6.45) is 3.22. The van der Waals surface area contributed by atoms with Gasteiger partial charge < -0.3 is 0 Å². The molecule has 0 aliphatic carbocycles. The molecule has 0 saturated heterocycles. The van der Waals surface area contributed by atoms with Crippen molar-refractivity contribution in [1.29, 1.82) is 0 Å². The van der Waals surface area contributed by atoms with Gasteiger partial charge in [-0.15, -0.1) is 0 Å². The fraction of sp³-hybridized carbons (Fsp3) is 0.286. The molecule has 0 atom stereocenters. The third-order valence-electron chi connectivity index (χ3n) is 1.70. The first-order valence-electron chi connectivity index (χ1n) is 3.40. The largest absolute Gasteiger partial charge is 0.239 e. The van der Waals surface area contributed by atoms with E-state index in [1.54, 1.807) is 10.8 Å². The first-order chi connectivity index (χ1) is 5.29. The highest BCUT2D eigenvalue weighted by Gasteiger charge is 2.02. The Kier molecular flexibility index (Phi) is 1.15. The Bertz CT molecular complexity index is 390. The van der Waals surface area contributed by atoms with Gasteiger partial charge in [0.2, 0.25) is 0 Å². The van der Waals surface area contributed by atoms with E-state index in [9.17, 15) is 0 Å². The van der Waals surface area contributed by atoms with E-state index < -0.39 is 0 Å². The molecule has 0 aliphatic heterocycles. The highest BCUT2D eigenvalue weighted by atomic mass is 15.3. The molecule has 0 aromatic carbocycles. The third-order valence-corrected chi connectivity index (χ3v) is 1.70. The van der Waals surface area contributed by atoms with Gasteiger partial charge in [0, 0.05) is 0 Å². The Morgan fingerprint density at radius 3 is 2.64 bits per heavy atom. The number of nitrogens with zero attached hydrogens (tertiary/aromatic N) is 4. The maximum atomic E-state index is 4.12. The summed E-state index contributed by atoms with van der Waals surface area (Å²) in [4.78, 5) is 8.19. The molecule has 0 amide bonds. The van der Waals surface area contributed by atoms with Gasteiger partial charge in [-0.2, -0.15) is 5.10 Å². The Hall–Kier alpha value is -1.45. The predicted molar refractivity (Wildman–Crippen MR) is 40.3 cm³/mol. The Morgan fingerprint density at radius 1 is 1.18 bits per heavy atom. The minimum atomic E-state index is 0.968. The van der Waals surface area contributed by atoms with Gasteiger partial charge in [0.15, 0.2) is 0 Å². The summed E-state index contributed by atoms with van der Waals surface area (Å²) >= 11 is 0. The lowest BCUT2D eigenvalue weighted by Gasteiger charge is -1.94. The zero-order chi connectivity index (χ0) is 7.84. The summed E-state index contributed by atoms with van der Waals surface area (Å²) in [5.74, 6) is 0. The van der Waals surface area contributed by atoms with E-state index in [-0.39, 0.29) is 0 Å². The van der Waals surface area contributed by atoms with Gasteiger partial charge in [-0.25, -0.2) is 14.5 Å². The number of hydrogen-bond acceptors (Lipinski definition) is 3. The van der Waals surface area contributed by atoms with Crippen LogP contribution in [0.4, 0.5) is 0 Å². The van der Waals surface area contributed by atoms with E-state index in [1.165, 1.54) is 6.33 Å². The van der Waals surface area contributed by atoms with Crippen LogP contribution in [0.15, 0.2) is 12.7 Å². The highest BCUT2D eigenvalue weighted by Crippen LogP contribution is 2.08. The average Bonchev–Trinajstić information content (AvgIpc) is 2.34. The molecule has 4 nitrogen and oxygen atoms in total. The lowest BCUT2D eigenvalue weighted by Crippen LogP contribution is -1.94. The molecule has 56 valence electrons. The summed E-state index contributed by atoms with van der Waals surface area (Å²) < 4.78 is 1.73. The smallest absolute Gasteiger partial charge is 0.136 e. The van der Waals surface area contributed by atoms with Gasteiger partial charge in [0.1, 0.15) is 18.2 Å². The molecule has 0 radical (unpaired) electrons. The minimum Gasteiger partial charge on any atom is -0.239 e. The van der Waals surface area contributed by atoms with Crippen LogP contribution in [0, 0.1) is 13.8 Å². The summed E-state index contributed by atoms with van der Waals surface area (Å²) in [6, 6.07) is 0. The minimum absolute atomic E-state index is 0.968. The van der Waals surface area contributed by atoms with Crippen molar-refractivity contribution in [2.45, 2.75) is 13.8 Å². The van der Waals surface area contributed by atoms with Crippen LogP contribution in [0.25, 0.3) is 5.52 Å². The van der Waals surface area contributed by atoms with Crippen LogP contribution < -0.4 is 0 Å². The fourth-order valence-corrected chi connectivity index (χ4v) is 1.17. The van der Waals surface area contributed by atoms with Crippen molar-refractivity contribution in [2.24, 2.45) is 0 Å². The number of hydrogen-bond donors (Lipinski definition) is 0. The SMILES string of the molecule is Cc1ncnn2cnc(C)c12. The van der Waals surface area contributed by atoms with Crippen molar-refractivity contribution < 1.29 is 0 Å². The molecule has 0 fully saturated rings. The number of aromatic nitrogens is 4. The first kappa shape index (κ1) is 6.27. The lowest BCUT2D eigenvalue weighted by molar-refractivity contribution is 0.878. The number of imidazole rings is 1. The zero-order valence-electron chi connectivity index (χ0n) is 6.44. The fourth-order valence-electron chi connectivity index (χ4n) is 1.17. The normalized spacial score (nSPS) is 10.7. The van der Waals surface area contributed by atoms with Gasteiger partial charge in [-0.05, 0) is 13.8 Å². The molecule has 2 rings (SSSR count). The van der Waals surface area contributed by atoms with E-state index in [4.69, 9.17) is 0 Å².